The molecular formula is C16H17N3. The van der Waals surface area contributed by atoms with Crippen molar-refractivity contribution in [1.29, 1.82) is 0 Å². The molecule has 0 spiro atoms. The van der Waals surface area contributed by atoms with Crippen molar-refractivity contribution < 1.29 is 0 Å². The molecule has 19 heavy (non-hydrogen) atoms. The van der Waals surface area contributed by atoms with Crippen LogP contribution in [0.2, 0.25) is 0 Å². The molecule has 1 aliphatic carbocycles. The summed E-state index contributed by atoms with van der Waals surface area (Å²) in [5, 5.41) is 11.3. The Balaban J connectivity index is 1.89. The molecule has 1 saturated heterocycles. The van der Waals surface area contributed by atoms with Crippen molar-refractivity contribution >= 4 is 10.8 Å². The molecule has 1 aliphatic heterocycles. The topological polar surface area (TPSA) is 29.0 Å². The fraction of sp³-hybridized carbons (Fsp3) is 0.375. The first kappa shape index (κ1) is 11.1. The van der Waals surface area contributed by atoms with Crippen molar-refractivity contribution in [3.8, 4) is 0 Å². The van der Waals surface area contributed by atoms with Crippen molar-refractivity contribution in [2.45, 2.75) is 18.3 Å². The minimum absolute atomic E-state index is 0.532. The second-order valence-corrected chi connectivity index (χ2v) is 5.68. The molecule has 2 aliphatic rings. The second-order valence-electron chi connectivity index (χ2n) is 5.68. The molecule has 3 nitrogen and oxygen atoms in total. The van der Waals surface area contributed by atoms with Gasteiger partial charge in [0, 0.05) is 36.3 Å². The zero-order valence-corrected chi connectivity index (χ0v) is 10.9. The monoisotopic (exact) mass is 251 g/mol. The fourth-order valence-electron chi connectivity index (χ4n) is 3.77. The predicted octanol–water partition coefficient (Wildman–Crippen LogP) is 2.70. The van der Waals surface area contributed by atoms with E-state index >= 15 is 0 Å². The number of likely N-dealkylation sites (tertiary alicyclic amines) is 1. The first-order chi connectivity index (χ1) is 9.36. The van der Waals surface area contributed by atoms with E-state index in [2.05, 4.69) is 39.9 Å². The molecule has 4 rings (SSSR count). The third-order valence-corrected chi connectivity index (χ3v) is 4.49. The highest BCUT2D eigenvalue weighted by Gasteiger charge is 2.35. The zero-order chi connectivity index (χ0) is 12.8. The minimum atomic E-state index is 0.532. The predicted molar refractivity (Wildman–Crippen MR) is 76.3 cm³/mol. The molecule has 2 aromatic rings. The molecule has 96 valence electrons. The Bertz CT molecular complexity index is 603. The fourth-order valence-corrected chi connectivity index (χ4v) is 3.77. The molecule has 1 aromatic carbocycles. The molecule has 1 fully saturated rings. The van der Waals surface area contributed by atoms with E-state index < -0.39 is 0 Å². The van der Waals surface area contributed by atoms with Crippen LogP contribution in [0.1, 0.15) is 29.5 Å². The van der Waals surface area contributed by atoms with Gasteiger partial charge in [-0.15, -0.1) is 6.58 Å². The van der Waals surface area contributed by atoms with Crippen molar-refractivity contribution in [2.75, 3.05) is 19.6 Å². The summed E-state index contributed by atoms with van der Waals surface area (Å²) < 4.78 is 0. The van der Waals surface area contributed by atoms with Gasteiger partial charge in [-0.3, -0.25) is 4.90 Å². The van der Waals surface area contributed by atoms with Gasteiger partial charge in [0.05, 0.1) is 11.9 Å². The molecule has 2 bridgehead atoms. The average Bonchev–Trinajstić information content (AvgIpc) is 2.45. The Hall–Kier alpha value is -1.74. The SMILES string of the molecule is C=CCN1CC2CC(C1)c1nncc3cccc2c13. The maximum atomic E-state index is 4.45. The highest BCUT2D eigenvalue weighted by molar-refractivity contribution is 5.88. The van der Waals surface area contributed by atoms with Gasteiger partial charge in [0.25, 0.3) is 0 Å². The smallest absolute Gasteiger partial charge is 0.0756 e. The first-order valence-corrected chi connectivity index (χ1v) is 6.94. The lowest BCUT2D eigenvalue weighted by Gasteiger charge is -2.41. The average molecular weight is 251 g/mol. The summed E-state index contributed by atoms with van der Waals surface area (Å²) in [4.78, 5) is 2.49. The Labute approximate surface area is 112 Å². The van der Waals surface area contributed by atoms with Crippen LogP contribution in [0.15, 0.2) is 37.1 Å². The van der Waals surface area contributed by atoms with Crippen LogP contribution in [0.3, 0.4) is 0 Å². The summed E-state index contributed by atoms with van der Waals surface area (Å²) >= 11 is 0. The van der Waals surface area contributed by atoms with Crippen molar-refractivity contribution in [3.63, 3.8) is 0 Å². The van der Waals surface area contributed by atoms with E-state index in [1.807, 2.05) is 12.3 Å². The van der Waals surface area contributed by atoms with Gasteiger partial charge < -0.3 is 0 Å². The number of hydrogen-bond donors (Lipinski definition) is 0. The molecule has 0 amide bonds. The van der Waals surface area contributed by atoms with Crippen LogP contribution in [0, 0.1) is 0 Å². The first-order valence-electron chi connectivity index (χ1n) is 6.94. The van der Waals surface area contributed by atoms with E-state index in [1.165, 1.54) is 28.5 Å². The Morgan fingerprint density at radius 3 is 3.11 bits per heavy atom. The van der Waals surface area contributed by atoms with Crippen LogP contribution < -0.4 is 0 Å². The molecule has 0 N–H and O–H groups in total. The largest absolute Gasteiger partial charge is 0.298 e. The Morgan fingerprint density at radius 2 is 2.21 bits per heavy atom. The number of rotatable bonds is 2. The number of nitrogens with zero attached hydrogens (tertiary/aromatic N) is 3. The summed E-state index contributed by atoms with van der Waals surface area (Å²) in [5.74, 6) is 1.17. The molecule has 2 atom stereocenters. The van der Waals surface area contributed by atoms with Crippen LogP contribution in [0.4, 0.5) is 0 Å². The Kier molecular flexibility index (Phi) is 2.42. The van der Waals surface area contributed by atoms with Crippen LogP contribution in [-0.2, 0) is 0 Å². The Morgan fingerprint density at radius 1 is 1.32 bits per heavy atom. The van der Waals surface area contributed by atoms with E-state index in [4.69, 9.17) is 0 Å². The minimum Gasteiger partial charge on any atom is -0.298 e. The molecule has 0 radical (unpaired) electrons. The van der Waals surface area contributed by atoms with E-state index in [-0.39, 0.29) is 0 Å². The molecule has 2 heterocycles. The molecule has 0 saturated carbocycles. The third kappa shape index (κ3) is 1.61. The number of piperidine rings is 1. The number of benzene rings is 1. The van der Waals surface area contributed by atoms with Gasteiger partial charge in [0.2, 0.25) is 0 Å². The van der Waals surface area contributed by atoms with Gasteiger partial charge in [-0.25, -0.2) is 0 Å². The van der Waals surface area contributed by atoms with E-state index in [0.717, 1.165) is 19.6 Å². The van der Waals surface area contributed by atoms with E-state index in [1.54, 1.807) is 0 Å². The van der Waals surface area contributed by atoms with Gasteiger partial charge in [-0.05, 0) is 17.9 Å². The quantitative estimate of drug-likeness (QED) is 0.768. The maximum Gasteiger partial charge on any atom is 0.0756 e. The van der Waals surface area contributed by atoms with E-state index in [9.17, 15) is 0 Å². The number of hydrogen-bond acceptors (Lipinski definition) is 3. The third-order valence-electron chi connectivity index (χ3n) is 4.49. The van der Waals surface area contributed by atoms with Crippen LogP contribution in [0.5, 0.6) is 0 Å². The van der Waals surface area contributed by atoms with Gasteiger partial charge in [-0.1, -0.05) is 24.3 Å². The van der Waals surface area contributed by atoms with E-state index in [0.29, 0.717) is 11.8 Å². The maximum absolute atomic E-state index is 4.45. The zero-order valence-electron chi connectivity index (χ0n) is 10.9. The van der Waals surface area contributed by atoms with Gasteiger partial charge in [-0.2, -0.15) is 10.2 Å². The number of aromatic nitrogens is 2. The lowest BCUT2D eigenvalue weighted by atomic mass is 9.75. The second kappa shape index (κ2) is 4.14. The van der Waals surface area contributed by atoms with Crippen LogP contribution in [-0.4, -0.2) is 34.7 Å². The van der Waals surface area contributed by atoms with Crippen LogP contribution in [0.25, 0.3) is 10.8 Å². The molecule has 3 heteroatoms. The van der Waals surface area contributed by atoms with Crippen LogP contribution >= 0.6 is 0 Å². The summed E-state index contributed by atoms with van der Waals surface area (Å²) in [5.41, 5.74) is 2.67. The lowest BCUT2D eigenvalue weighted by Crippen LogP contribution is -2.40. The normalized spacial score (nSPS) is 25.5. The standard InChI is InChI=1S/C16H17N3/c1-2-6-19-9-12-7-13(10-19)16-15-11(8-17-18-16)4-3-5-14(12)15/h2-5,8,12-13H,1,6-7,9-10H2. The highest BCUT2D eigenvalue weighted by Crippen LogP contribution is 2.44. The highest BCUT2D eigenvalue weighted by atomic mass is 15.2. The summed E-state index contributed by atoms with van der Waals surface area (Å²) in [6.45, 7) is 7.06. The summed E-state index contributed by atoms with van der Waals surface area (Å²) in [6, 6.07) is 6.57. The van der Waals surface area contributed by atoms with Crippen molar-refractivity contribution in [1.82, 2.24) is 15.1 Å². The van der Waals surface area contributed by atoms with Crippen molar-refractivity contribution in [2.24, 2.45) is 0 Å². The lowest BCUT2D eigenvalue weighted by molar-refractivity contribution is 0.200. The van der Waals surface area contributed by atoms with Crippen molar-refractivity contribution in [3.05, 3.63) is 48.3 Å². The summed E-state index contributed by atoms with van der Waals surface area (Å²) in [7, 11) is 0. The van der Waals surface area contributed by atoms with Gasteiger partial charge >= 0.3 is 0 Å². The van der Waals surface area contributed by atoms with Gasteiger partial charge in [0.1, 0.15) is 0 Å². The number of fused-ring (bicyclic) bond motifs is 4. The molecular weight excluding hydrogens is 234 g/mol. The summed E-state index contributed by atoms with van der Waals surface area (Å²) in [6.07, 6.45) is 5.11. The molecule has 1 aromatic heterocycles. The van der Waals surface area contributed by atoms with Gasteiger partial charge in [0.15, 0.2) is 0 Å². The molecule has 2 unspecified atom stereocenters.